The van der Waals surface area contributed by atoms with Gasteiger partial charge >= 0.3 is 0 Å². The van der Waals surface area contributed by atoms with E-state index in [4.69, 9.17) is 17.3 Å². The van der Waals surface area contributed by atoms with Crippen molar-refractivity contribution >= 4 is 33.3 Å². The highest BCUT2D eigenvalue weighted by Crippen LogP contribution is 2.29. The van der Waals surface area contributed by atoms with Crippen LogP contribution < -0.4 is 5.73 Å². The van der Waals surface area contributed by atoms with Gasteiger partial charge in [-0.1, -0.05) is 51.8 Å². The molecule has 0 aliphatic rings. The number of aromatic nitrogens is 2. The van der Waals surface area contributed by atoms with E-state index in [1.54, 1.807) is 4.68 Å². The highest BCUT2D eigenvalue weighted by atomic mass is 79.9. The lowest BCUT2D eigenvalue weighted by atomic mass is 10.1. The first-order chi connectivity index (χ1) is 9.65. The van der Waals surface area contributed by atoms with Crippen molar-refractivity contribution in [1.82, 2.24) is 9.78 Å². The molecule has 0 radical (unpaired) electrons. The normalized spacial score (nSPS) is 10.7. The SMILES string of the molecule is Nc1cc(-c2ccccc2Cl)nn1-c1cccc(Br)c1. The third-order valence-corrected chi connectivity index (χ3v) is 3.76. The molecule has 0 aliphatic carbocycles. The second-order valence-corrected chi connectivity index (χ2v) is 5.65. The zero-order chi connectivity index (χ0) is 14.1. The van der Waals surface area contributed by atoms with Crippen molar-refractivity contribution in [2.75, 3.05) is 5.73 Å². The molecule has 3 rings (SSSR count). The molecular weight excluding hydrogens is 338 g/mol. The Labute approximate surface area is 130 Å². The first-order valence-corrected chi connectivity index (χ1v) is 7.18. The van der Waals surface area contributed by atoms with Crippen LogP contribution in [0.4, 0.5) is 5.82 Å². The van der Waals surface area contributed by atoms with Gasteiger partial charge in [-0.25, -0.2) is 4.68 Å². The zero-order valence-electron chi connectivity index (χ0n) is 10.4. The van der Waals surface area contributed by atoms with Crippen LogP contribution >= 0.6 is 27.5 Å². The van der Waals surface area contributed by atoms with Crippen LogP contribution in [0.3, 0.4) is 0 Å². The molecule has 0 amide bonds. The summed E-state index contributed by atoms with van der Waals surface area (Å²) in [5, 5.41) is 5.20. The Morgan fingerprint density at radius 2 is 1.85 bits per heavy atom. The van der Waals surface area contributed by atoms with E-state index in [1.165, 1.54) is 0 Å². The van der Waals surface area contributed by atoms with E-state index in [9.17, 15) is 0 Å². The van der Waals surface area contributed by atoms with E-state index in [2.05, 4.69) is 21.0 Å². The Morgan fingerprint density at radius 3 is 2.60 bits per heavy atom. The summed E-state index contributed by atoms with van der Waals surface area (Å²) in [6.45, 7) is 0. The van der Waals surface area contributed by atoms with Crippen LogP contribution in [0.2, 0.25) is 5.02 Å². The Balaban J connectivity index is 2.10. The minimum atomic E-state index is 0.568. The van der Waals surface area contributed by atoms with Crippen LogP contribution in [-0.2, 0) is 0 Å². The van der Waals surface area contributed by atoms with Gasteiger partial charge in [-0.15, -0.1) is 0 Å². The lowest BCUT2D eigenvalue weighted by Gasteiger charge is -2.04. The molecular formula is C15H11BrClN3. The van der Waals surface area contributed by atoms with Crippen molar-refractivity contribution in [3.8, 4) is 16.9 Å². The number of anilines is 1. The van der Waals surface area contributed by atoms with Gasteiger partial charge in [0, 0.05) is 16.1 Å². The van der Waals surface area contributed by atoms with Crippen LogP contribution in [0.5, 0.6) is 0 Å². The summed E-state index contributed by atoms with van der Waals surface area (Å²) in [6.07, 6.45) is 0. The fraction of sp³-hybridized carbons (Fsp3) is 0. The summed E-state index contributed by atoms with van der Waals surface area (Å²) in [4.78, 5) is 0. The third kappa shape index (κ3) is 2.44. The van der Waals surface area contributed by atoms with Crippen molar-refractivity contribution in [1.29, 1.82) is 0 Å². The number of hydrogen-bond donors (Lipinski definition) is 1. The van der Waals surface area contributed by atoms with Gasteiger partial charge in [-0.3, -0.25) is 0 Å². The summed E-state index contributed by atoms with van der Waals surface area (Å²) in [7, 11) is 0. The maximum atomic E-state index is 6.19. The molecule has 3 nitrogen and oxygen atoms in total. The largest absolute Gasteiger partial charge is 0.384 e. The van der Waals surface area contributed by atoms with Gasteiger partial charge in [0.1, 0.15) is 5.82 Å². The highest BCUT2D eigenvalue weighted by molar-refractivity contribution is 9.10. The summed E-state index contributed by atoms with van der Waals surface area (Å²) in [5.41, 5.74) is 8.58. The van der Waals surface area contributed by atoms with E-state index in [0.29, 0.717) is 10.8 Å². The topological polar surface area (TPSA) is 43.8 Å². The van der Waals surface area contributed by atoms with Crippen LogP contribution in [0.15, 0.2) is 59.1 Å². The molecule has 1 heterocycles. The van der Waals surface area contributed by atoms with Crippen molar-refractivity contribution < 1.29 is 0 Å². The molecule has 20 heavy (non-hydrogen) atoms. The van der Waals surface area contributed by atoms with E-state index in [-0.39, 0.29) is 0 Å². The first-order valence-electron chi connectivity index (χ1n) is 6.01. The van der Waals surface area contributed by atoms with Gasteiger partial charge in [-0.2, -0.15) is 5.10 Å². The van der Waals surface area contributed by atoms with Crippen molar-refractivity contribution in [2.45, 2.75) is 0 Å². The van der Waals surface area contributed by atoms with E-state index >= 15 is 0 Å². The molecule has 0 unspecified atom stereocenters. The monoisotopic (exact) mass is 347 g/mol. The van der Waals surface area contributed by atoms with E-state index in [1.807, 2.05) is 54.6 Å². The van der Waals surface area contributed by atoms with Gasteiger partial charge in [-0.05, 0) is 24.3 Å². The lowest BCUT2D eigenvalue weighted by Crippen LogP contribution is -2.01. The quantitative estimate of drug-likeness (QED) is 0.739. The molecule has 0 saturated carbocycles. The van der Waals surface area contributed by atoms with Crippen molar-refractivity contribution in [3.05, 3.63) is 64.1 Å². The van der Waals surface area contributed by atoms with Crippen LogP contribution in [0, 0.1) is 0 Å². The Morgan fingerprint density at radius 1 is 1.05 bits per heavy atom. The van der Waals surface area contributed by atoms with Gasteiger partial charge in [0.2, 0.25) is 0 Å². The van der Waals surface area contributed by atoms with Gasteiger partial charge in [0.15, 0.2) is 0 Å². The van der Waals surface area contributed by atoms with E-state index < -0.39 is 0 Å². The number of nitrogen functional groups attached to an aromatic ring is 1. The summed E-state index contributed by atoms with van der Waals surface area (Å²) >= 11 is 9.64. The Hall–Kier alpha value is -1.78. The van der Waals surface area contributed by atoms with Crippen molar-refractivity contribution in [2.24, 2.45) is 0 Å². The molecule has 2 aromatic carbocycles. The summed E-state index contributed by atoms with van der Waals surface area (Å²) in [6, 6.07) is 17.2. The number of halogens is 2. The molecule has 0 spiro atoms. The lowest BCUT2D eigenvalue weighted by molar-refractivity contribution is 0.894. The molecule has 2 N–H and O–H groups in total. The molecule has 0 atom stereocenters. The minimum absolute atomic E-state index is 0.568. The standard InChI is InChI=1S/C15H11BrClN3/c16-10-4-3-5-11(8-10)20-15(18)9-14(19-20)12-6-1-2-7-13(12)17/h1-9H,18H2. The molecule has 0 fully saturated rings. The van der Waals surface area contributed by atoms with Gasteiger partial charge in [0.05, 0.1) is 16.4 Å². The number of nitrogens with zero attached hydrogens (tertiary/aromatic N) is 2. The predicted molar refractivity (Wildman–Crippen MR) is 86.1 cm³/mol. The minimum Gasteiger partial charge on any atom is -0.384 e. The molecule has 100 valence electrons. The molecule has 0 bridgehead atoms. The fourth-order valence-corrected chi connectivity index (χ4v) is 2.63. The Bertz CT molecular complexity index is 767. The second kappa shape index (κ2) is 5.31. The Kier molecular flexibility index (Phi) is 3.51. The summed E-state index contributed by atoms with van der Waals surface area (Å²) in [5.74, 6) is 0.568. The zero-order valence-corrected chi connectivity index (χ0v) is 12.8. The second-order valence-electron chi connectivity index (χ2n) is 4.33. The molecule has 0 aliphatic heterocycles. The molecule has 5 heteroatoms. The molecule has 0 saturated heterocycles. The fourth-order valence-electron chi connectivity index (χ4n) is 2.01. The van der Waals surface area contributed by atoms with Crippen LogP contribution in [0.25, 0.3) is 16.9 Å². The number of benzene rings is 2. The number of nitrogens with two attached hydrogens (primary N) is 1. The average Bonchev–Trinajstić information content (AvgIpc) is 2.81. The van der Waals surface area contributed by atoms with Crippen LogP contribution in [0.1, 0.15) is 0 Å². The highest BCUT2D eigenvalue weighted by Gasteiger charge is 2.11. The maximum absolute atomic E-state index is 6.19. The third-order valence-electron chi connectivity index (χ3n) is 2.94. The van der Waals surface area contributed by atoms with Crippen molar-refractivity contribution in [3.63, 3.8) is 0 Å². The summed E-state index contributed by atoms with van der Waals surface area (Å²) < 4.78 is 2.67. The predicted octanol–water partition coefficient (Wildman–Crippen LogP) is 4.54. The van der Waals surface area contributed by atoms with E-state index in [0.717, 1.165) is 21.4 Å². The number of hydrogen-bond acceptors (Lipinski definition) is 2. The average molecular weight is 349 g/mol. The van der Waals surface area contributed by atoms with Gasteiger partial charge in [0.25, 0.3) is 0 Å². The molecule has 3 aromatic rings. The van der Waals surface area contributed by atoms with Crippen LogP contribution in [-0.4, -0.2) is 9.78 Å². The molecule has 1 aromatic heterocycles. The maximum Gasteiger partial charge on any atom is 0.127 e. The van der Waals surface area contributed by atoms with Gasteiger partial charge < -0.3 is 5.73 Å². The smallest absolute Gasteiger partial charge is 0.127 e. The first kappa shape index (κ1) is 13.2. The number of rotatable bonds is 2.